The Morgan fingerprint density at radius 1 is 1.43 bits per heavy atom. The van der Waals surface area contributed by atoms with Gasteiger partial charge < -0.3 is 9.64 Å². The Balaban J connectivity index is 2.61. The van der Waals surface area contributed by atoms with Gasteiger partial charge in [-0.3, -0.25) is 4.79 Å². The normalized spacial score (nSPS) is 29.0. The monoisotopic (exact) mass is 199 g/mol. The summed E-state index contributed by atoms with van der Waals surface area (Å²) in [5, 5.41) is 0. The van der Waals surface area contributed by atoms with Crippen LogP contribution in [0.25, 0.3) is 0 Å². The minimum Gasteiger partial charge on any atom is -0.362 e. The molecule has 1 rings (SSSR count). The van der Waals surface area contributed by atoms with E-state index in [-0.39, 0.29) is 6.23 Å². The van der Waals surface area contributed by atoms with Crippen LogP contribution in [0, 0.1) is 11.3 Å². The van der Waals surface area contributed by atoms with Crippen LogP contribution in [0.1, 0.15) is 33.6 Å². The number of likely N-dealkylation sites (tertiary alicyclic amines) is 1. The molecule has 82 valence electrons. The van der Waals surface area contributed by atoms with E-state index in [9.17, 15) is 4.79 Å². The van der Waals surface area contributed by atoms with Gasteiger partial charge in [-0.25, -0.2) is 0 Å². The SMILES string of the molecule is COC1CC(C(C)(C)C)CCN1C=O. The highest BCUT2D eigenvalue weighted by atomic mass is 16.5. The van der Waals surface area contributed by atoms with Crippen molar-refractivity contribution >= 4 is 6.41 Å². The van der Waals surface area contributed by atoms with Crippen LogP contribution >= 0.6 is 0 Å². The number of rotatable bonds is 2. The van der Waals surface area contributed by atoms with E-state index in [1.807, 2.05) is 0 Å². The molecular weight excluding hydrogens is 178 g/mol. The molecule has 1 saturated heterocycles. The molecule has 2 unspecified atom stereocenters. The molecule has 14 heavy (non-hydrogen) atoms. The number of nitrogens with zero attached hydrogens (tertiary/aromatic N) is 1. The van der Waals surface area contributed by atoms with Gasteiger partial charge in [0.05, 0.1) is 0 Å². The molecule has 0 aromatic heterocycles. The largest absolute Gasteiger partial charge is 0.362 e. The first-order chi connectivity index (χ1) is 6.49. The molecule has 1 heterocycles. The summed E-state index contributed by atoms with van der Waals surface area (Å²) in [4.78, 5) is 12.5. The Bertz CT molecular complexity index is 198. The van der Waals surface area contributed by atoms with E-state index in [0.717, 1.165) is 25.8 Å². The molecule has 0 N–H and O–H groups in total. The van der Waals surface area contributed by atoms with Gasteiger partial charge in [-0.2, -0.15) is 0 Å². The van der Waals surface area contributed by atoms with E-state index in [0.29, 0.717) is 11.3 Å². The third-order valence-corrected chi connectivity index (χ3v) is 3.22. The number of carbonyl (C=O) groups excluding carboxylic acids is 1. The highest BCUT2D eigenvalue weighted by Gasteiger charge is 2.33. The number of methoxy groups -OCH3 is 1. The van der Waals surface area contributed by atoms with Crippen molar-refractivity contribution in [2.24, 2.45) is 11.3 Å². The molecule has 0 bridgehead atoms. The zero-order valence-electron chi connectivity index (χ0n) is 9.62. The maximum atomic E-state index is 10.7. The smallest absolute Gasteiger partial charge is 0.211 e. The number of amides is 1. The third kappa shape index (κ3) is 2.47. The predicted octanol–water partition coefficient (Wildman–Crippen LogP) is 1.87. The summed E-state index contributed by atoms with van der Waals surface area (Å²) in [7, 11) is 1.67. The Hall–Kier alpha value is -0.570. The van der Waals surface area contributed by atoms with Crippen LogP contribution in [-0.2, 0) is 9.53 Å². The second-order valence-corrected chi connectivity index (χ2v) is 5.12. The Labute approximate surface area is 86.4 Å². The number of piperidine rings is 1. The fraction of sp³-hybridized carbons (Fsp3) is 0.909. The van der Waals surface area contributed by atoms with Gasteiger partial charge in [0, 0.05) is 13.7 Å². The summed E-state index contributed by atoms with van der Waals surface area (Å²) >= 11 is 0. The van der Waals surface area contributed by atoms with Gasteiger partial charge in [0.25, 0.3) is 0 Å². The van der Waals surface area contributed by atoms with Crippen molar-refractivity contribution in [2.75, 3.05) is 13.7 Å². The van der Waals surface area contributed by atoms with Gasteiger partial charge in [-0.05, 0) is 24.2 Å². The van der Waals surface area contributed by atoms with Crippen molar-refractivity contribution in [1.82, 2.24) is 4.90 Å². The summed E-state index contributed by atoms with van der Waals surface area (Å²) < 4.78 is 5.31. The molecule has 0 saturated carbocycles. The van der Waals surface area contributed by atoms with Crippen LogP contribution in [-0.4, -0.2) is 31.2 Å². The first-order valence-corrected chi connectivity index (χ1v) is 5.23. The summed E-state index contributed by atoms with van der Waals surface area (Å²) in [6.45, 7) is 7.58. The van der Waals surface area contributed by atoms with Crippen LogP contribution in [0.3, 0.4) is 0 Å². The fourth-order valence-electron chi connectivity index (χ4n) is 2.08. The van der Waals surface area contributed by atoms with Gasteiger partial charge in [-0.15, -0.1) is 0 Å². The molecule has 1 amide bonds. The average molecular weight is 199 g/mol. The van der Waals surface area contributed by atoms with E-state index in [4.69, 9.17) is 4.74 Å². The molecule has 0 spiro atoms. The maximum absolute atomic E-state index is 10.7. The van der Waals surface area contributed by atoms with Crippen LogP contribution in [0.2, 0.25) is 0 Å². The molecule has 0 aromatic rings. The van der Waals surface area contributed by atoms with E-state index in [1.165, 1.54) is 0 Å². The zero-order valence-corrected chi connectivity index (χ0v) is 9.62. The summed E-state index contributed by atoms with van der Waals surface area (Å²) in [6.07, 6.45) is 2.92. The molecule has 0 aromatic carbocycles. The van der Waals surface area contributed by atoms with Gasteiger partial charge in [0.2, 0.25) is 6.41 Å². The van der Waals surface area contributed by atoms with E-state index < -0.39 is 0 Å². The van der Waals surface area contributed by atoms with E-state index in [1.54, 1.807) is 12.0 Å². The Morgan fingerprint density at radius 2 is 2.07 bits per heavy atom. The first-order valence-electron chi connectivity index (χ1n) is 5.23. The van der Waals surface area contributed by atoms with Crippen molar-refractivity contribution in [3.63, 3.8) is 0 Å². The van der Waals surface area contributed by atoms with Gasteiger partial charge >= 0.3 is 0 Å². The highest BCUT2D eigenvalue weighted by Crippen LogP contribution is 2.36. The van der Waals surface area contributed by atoms with Crippen LogP contribution in [0.4, 0.5) is 0 Å². The van der Waals surface area contributed by atoms with Crippen molar-refractivity contribution < 1.29 is 9.53 Å². The average Bonchev–Trinajstić information content (AvgIpc) is 2.15. The number of carbonyl (C=O) groups is 1. The summed E-state index contributed by atoms with van der Waals surface area (Å²) in [5.41, 5.74) is 0.311. The minimum absolute atomic E-state index is 0.0227. The molecule has 0 aliphatic carbocycles. The van der Waals surface area contributed by atoms with Crippen molar-refractivity contribution in [2.45, 2.75) is 39.8 Å². The number of ether oxygens (including phenoxy) is 1. The topological polar surface area (TPSA) is 29.5 Å². The summed E-state index contributed by atoms with van der Waals surface area (Å²) in [5.74, 6) is 0.642. The van der Waals surface area contributed by atoms with Crippen LogP contribution < -0.4 is 0 Å². The van der Waals surface area contributed by atoms with Gasteiger partial charge in [-0.1, -0.05) is 20.8 Å². The quantitative estimate of drug-likeness (QED) is 0.635. The first kappa shape index (κ1) is 11.5. The second-order valence-electron chi connectivity index (χ2n) is 5.12. The highest BCUT2D eigenvalue weighted by molar-refractivity contribution is 5.47. The van der Waals surface area contributed by atoms with Gasteiger partial charge in [0.15, 0.2) is 0 Å². The van der Waals surface area contributed by atoms with Crippen molar-refractivity contribution in [3.8, 4) is 0 Å². The van der Waals surface area contributed by atoms with Crippen molar-refractivity contribution in [1.29, 1.82) is 0 Å². The minimum atomic E-state index is -0.0227. The Kier molecular flexibility index (Phi) is 3.53. The van der Waals surface area contributed by atoms with Crippen molar-refractivity contribution in [3.05, 3.63) is 0 Å². The molecule has 0 radical (unpaired) electrons. The lowest BCUT2D eigenvalue weighted by Gasteiger charge is -2.41. The number of hydrogen-bond acceptors (Lipinski definition) is 2. The molecule has 1 fully saturated rings. The third-order valence-electron chi connectivity index (χ3n) is 3.22. The lowest BCUT2D eigenvalue weighted by atomic mass is 9.75. The Morgan fingerprint density at radius 3 is 2.50 bits per heavy atom. The van der Waals surface area contributed by atoms with Gasteiger partial charge in [0.1, 0.15) is 6.23 Å². The molecule has 3 nitrogen and oxygen atoms in total. The summed E-state index contributed by atoms with van der Waals surface area (Å²) in [6, 6.07) is 0. The molecule has 1 aliphatic heterocycles. The lowest BCUT2D eigenvalue weighted by molar-refractivity contribution is -0.138. The fourth-order valence-corrected chi connectivity index (χ4v) is 2.08. The maximum Gasteiger partial charge on any atom is 0.211 e. The molecule has 1 aliphatic rings. The van der Waals surface area contributed by atoms with E-state index >= 15 is 0 Å². The number of hydrogen-bond donors (Lipinski definition) is 0. The molecule has 3 heteroatoms. The van der Waals surface area contributed by atoms with Crippen LogP contribution in [0.15, 0.2) is 0 Å². The second kappa shape index (κ2) is 4.30. The lowest BCUT2D eigenvalue weighted by Crippen LogP contribution is -2.45. The zero-order chi connectivity index (χ0) is 10.8. The molecular formula is C11H21NO2. The predicted molar refractivity (Wildman–Crippen MR) is 55.7 cm³/mol. The van der Waals surface area contributed by atoms with Crippen LogP contribution in [0.5, 0.6) is 0 Å². The van der Waals surface area contributed by atoms with E-state index in [2.05, 4.69) is 20.8 Å². The molecule has 2 atom stereocenters. The standard InChI is InChI=1S/C11H21NO2/c1-11(2,3)9-5-6-12(8-13)10(7-9)14-4/h8-10H,5-7H2,1-4H3.